The molecule has 0 aromatic rings. The van der Waals surface area contributed by atoms with Gasteiger partial charge in [0.05, 0.1) is 0 Å². The molecule has 0 rings (SSSR count). The molecule has 0 N–H and O–H groups in total. The van der Waals surface area contributed by atoms with Crippen LogP contribution in [0.25, 0.3) is 0 Å². The van der Waals surface area contributed by atoms with Gasteiger partial charge < -0.3 is 37.9 Å². The van der Waals surface area contributed by atoms with Gasteiger partial charge in [0.15, 0.2) is 0 Å². The summed E-state index contributed by atoms with van der Waals surface area (Å²) in [5.74, 6) is -6.36. The summed E-state index contributed by atoms with van der Waals surface area (Å²) in [5.41, 5.74) is -2.97. The number of hydrogen-bond donors (Lipinski definition) is 0. The topological polar surface area (TPSA) is 210 Å². The van der Waals surface area contributed by atoms with Crippen molar-refractivity contribution in [3.63, 3.8) is 0 Å². The molecular formula is C35H44O16. The maximum absolute atomic E-state index is 12.6. The Morgan fingerprint density at radius 2 is 0.529 bits per heavy atom. The molecule has 280 valence electrons. The monoisotopic (exact) mass is 720 g/mol. The highest BCUT2D eigenvalue weighted by Crippen LogP contribution is 2.24. The van der Waals surface area contributed by atoms with Crippen molar-refractivity contribution in [2.45, 2.75) is 32.1 Å². The van der Waals surface area contributed by atoms with Crippen molar-refractivity contribution in [1.29, 1.82) is 0 Å². The van der Waals surface area contributed by atoms with E-state index in [2.05, 4.69) is 39.5 Å². The van der Waals surface area contributed by atoms with Gasteiger partial charge in [-0.3, -0.25) is 9.59 Å². The first-order valence-corrected chi connectivity index (χ1v) is 15.3. The first-order valence-electron chi connectivity index (χ1n) is 15.3. The number of carbonyl (C=O) groups is 8. The Balaban J connectivity index is 5.29. The fraction of sp³-hybridized carbons (Fsp3) is 0.429. The molecule has 0 bridgehead atoms. The van der Waals surface area contributed by atoms with Gasteiger partial charge in [-0.15, -0.1) is 0 Å². The van der Waals surface area contributed by atoms with Gasteiger partial charge >= 0.3 is 47.8 Å². The Morgan fingerprint density at radius 1 is 0.333 bits per heavy atom. The quantitative estimate of drug-likeness (QED) is 0.0491. The van der Waals surface area contributed by atoms with E-state index in [1.165, 1.54) is 0 Å². The van der Waals surface area contributed by atoms with E-state index in [9.17, 15) is 38.4 Å². The van der Waals surface area contributed by atoms with Gasteiger partial charge in [0.1, 0.15) is 63.7 Å². The number of esters is 8. The molecule has 0 saturated heterocycles. The van der Waals surface area contributed by atoms with Crippen LogP contribution in [0.2, 0.25) is 0 Å². The summed E-state index contributed by atoms with van der Waals surface area (Å²) in [7, 11) is 0. The second kappa shape index (κ2) is 25.2. The van der Waals surface area contributed by atoms with Gasteiger partial charge in [-0.2, -0.15) is 0 Å². The van der Waals surface area contributed by atoms with Gasteiger partial charge in [0.25, 0.3) is 0 Å². The average molecular weight is 721 g/mol. The highest BCUT2D eigenvalue weighted by atomic mass is 16.6. The van der Waals surface area contributed by atoms with Crippen molar-refractivity contribution in [3.05, 3.63) is 75.9 Å². The predicted molar refractivity (Wildman–Crippen MR) is 177 cm³/mol. The van der Waals surface area contributed by atoms with E-state index >= 15 is 0 Å². The van der Waals surface area contributed by atoms with E-state index in [0.29, 0.717) is 6.42 Å². The number of carbonyl (C=O) groups excluding carboxylic acids is 8. The van der Waals surface area contributed by atoms with Crippen molar-refractivity contribution in [2.75, 3.05) is 52.9 Å². The minimum absolute atomic E-state index is 0.0996. The molecule has 16 nitrogen and oxygen atoms in total. The SMILES string of the molecule is C=CC(=O)OCC(COC(=O)C=C)(COC(=O)C=C)COC(=O)CCCCCC(=O)OCC(COC(=O)C=C)(COC(=O)C=C)COC(=O)C=C. The molecule has 16 heteroatoms. The van der Waals surface area contributed by atoms with Crippen LogP contribution >= 0.6 is 0 Å². The Hall–Kier alpha value is -5.80. The third-order valence-corrected chi connectivity index (χ3v) is 6.46. The molecule has 0 aromatic heterocycles. The minimum atomic E-state index is -1.48. The fourth-order valence-electron chi connectivity index (χ4n) is 3.53. The van der Waals surface area contributed by atoms with Crippen LogP contribution in [0.3, 0.4) is 0 Å². The lowest BCUT2D eigenvalue weighted by atomic mass is 9.92. The van der Waals surface area contributed by atoms with Gasteiger partial charge in [-0.05, 0) is 12.8 Å². The lowest BCUT2D eigenvalue weighted by molar-refractivity contribution is -0.169. The zero-order valence-corrected chi connectivity index (χ0v) is 28.4. The van der Waals surface area contributed by atoms with Crippen molar-refractivity contribution in [2.24, 2.45) is 10.8 Å². The van der Waals surface area contributed by atoms with E-state index < -0.39 is 111 Å². The van der Waals surface area contributed by atoms with Crippen molar-refractivity contribution >= 4 is 47.8 Å². The average Bonchev–Trinajstić information content (AvgIpc) is 3.15. The summed E-state index contributed by atoms with van der Waals surface area (Å²) in [6, 6.07) is 0. The van der Waals surface area contributed by atoms with Crippen LogP contribution in [0, 0.1) is 10.8 Å². The van der Waals surface area contributed by atoms with E-state index in [1.54, 1.807) is 0 Å². The van der Waals surface area contributed by atoms with Crippen molar-refractivity contribution in [3.8, 4) is 0 Å². The normalized spacial score (nSPS) is 10.5. The maximum Gasteiger partial charge on any atom is 0.330 e. The third-order valence-electron chi connectivity index (χ3n) is 6.46. The van der Waals surface area contributed by atoms with Gasteiger partial charge in [-0.25, -0.2) is 28.8 Å². The first-order chi connectivity index (χ1) is 24.2. The zero-order chi connectivity index (χ0) is 38.7. The first kappa shape index (κ1) is 45.2. The van der Waals surface area contributed by atoms with E-state index in [-0.39, 0.29) is 25.7 Å². The second-order valence-electron chi connectivity index (χ2n) is 10.8. The van der Waals surface area contributed by atoms with E-state index in [4.69, 9.17) is 37.9 Å². The zero-order valence-electron chi connectivity index (χ0n) is 28.4. The largest absolute Gasteiger partial charge is 0.465 e. The van der Waals surface area contributed by atoms with Crippen LogP contribution in [0.1, 0.15) is 32.1 Å². The van der Waals surface area contributed by atoms with Crippen molar-refractivity contribution in [1.82, 2.24) is 0 Å². The Kier molecular flexibility index (Phi) is 22.3. The molecule has 0 saturated carbocycles. The second-order valence-corrected chi connectivity index (χ2v) is 10.8. The molecular weight excluding hydrogens is 676 g/mol. The summed E-state index contributed by atoms with van der Waals surface area (Å²) < 4.78 is 41.2. The molecule has 0 amide bonds. The number of rotatable bonds is 28. The molecule has 0 aromatic carbocycles. The third kappa shape index (κ3) is 20.3. The summed E-state index contributed by atoms with van der Waals surface area (Å²) in [5, 5.41) is 0. The molecule has 0 fully saturated rings. The maximum atomic E-state index is 12.6. The van der Waals surface area contributed by atoms with Crippen molar-refractivity contribution < 1.29 is 76.3 Å². The number of hydrogen-bond acceptors (Lipinski definition) is 16. The molecule has 0 aliphatic rings. The van der Waals surface area contributed by atoms with E-state index in [0.717, 1.165) is 36.5 Å². The molecule has 0 atom stereocenters. The predicted octanol–water partition coefficient (Wildman–Crippen LogP) is 2.37. The Bertz CT molecular complexity index is 1090. The summed E-state index contributed by atoms with van der Waals surface area (Å²) in [6.45, 7) is 15.9. The highest BCUT2D eigenvalue weighted by molar-refractivity contribution is 5.83. The minimum Gasteiger partial charge on any atom is -0.465 e. The van der Waals surface area contributed by atoms with Crippen LogP contribution in [-0.4, -0.2) is 101 Å². The summed E-state index contributed by atoms with van der Waals surface area (Å²) in [6.07, 6.45) is 6.04. The molecule has 0 spiro atoms. The van der Waals surface area contributed by atoms with E-state index in [1.807, 2.05) is 0 Å². The Morgan fingerprint density at radius 3 is 0.725 bits per heavy atom. The van der Waals surface area contributed by atoms with Crippen LogP contribution in [0.4, 0.5) is 0 Å². The van der Waals surface area contributed by atoms with Gasteiger partial charge in [0.2, 0.25) is 0 Å². The smallest absolute Gasteiger partial charge is 0.330 e. The Labute approximate surface area is 295 Å². The van der Waals surface area contributed by atoms with Gasteiger partial charge in [0, 0.05) is 49.3 Å². The lowest BCUT2D eigenvalue weighted by Gasteiger charge is -2.31. The lowest BCUT2D eigenvalue weighted by Crippen LogP contribution is -2.43. The standard InChI is InChI=1S/C35H44O16/c1-7-26(36)44-18-34(19-45-27(37)8-2,20-46-28(38)9-3)24-50-32(42)16-14-13-15-17-33(43)51-25-35(21-47-29(39)10-4,22-48-30(40)11-5)23-49-31(41)12-6/h7-12H,1-6,13-25H2. The molecule has 0 radical (unpaired) electrons. The molecule has 0 aliphatic heterocycles. The highest BCUT2D eigenvalue weighted by Gasteiger charge is 2.38. The molecule has 0 heterocycles. The van der Waals surface area contributed by atoms with Gasteiger partial charge in [-0.1, -0.05) is 45.9 Å². The molecule has 51 heavy (non-hydrogen) atoms. The van der Waals surface area contributed by atoms with Crippen LogP contribution < -0.4 is 0 Å². The van der Waals surface area contributed by atoms with Crippen LogP contribution in [0.5, 0.6) is 0 Å². The molecule has 0 aliphatic carbocycles. The number of unbranched alkanes of at least 4 members (excludes halogenated alkanes) is 2. The number of ether oxygens (including phenoxy) is 8. The van der Waals surface area contributed by atoms with Crippen LogP contribution in [-0.2, 0) is 76.3 Å². The van der Waals surface area contributed by atoms with Crippen LogP contribution in [0.15, 0.2) is 75.9 Å². The molecule has 0 unspecified atom stereocenters. The summed E-state index contributed by atoms with van der Waals surface area (Å²) in [4.78, 5) is 95.5. The fourth-order valence-corrected chi connectivity index (χ4v) is 3.53. The summed E-state index contributed by atoms with van der Waals surface area (Å²) >= 11 is 0.